The lowest BCUT2D eigenvalue weighted by molar-refractivity contribution is 0.381. The third kappa shape index (κ3) is 3.66. The normalized spacial score (nSPS) is 23.6. The minimum atomic E-state index is 0.298. The number of hydrogen-bond acceptors (Lipinski definition) is 3. The van der Waals surface area contributed by atoms with E-state index < -0.39 is 0 Å². The molecule has 112 valence electrons. The summed E-state index contributed by atoms with van der Waals surface area (Å²) in [6, 6.07) is 6.33. The Bertz CT molecular complexity index is 433. The maximum atomic E-state index is 5.48. The molecule has 1 aromatic rings. The fraction of sp³-hybridized carbons (Fsp3) is 0.647. The van der Waals surface area contributed by atoms with Gasteiger partial charge in [0.25, 0.3) is 0 Å². The highest BCUT2D eigenvalue weighted by molar-refractivity contribution is 5.42. The molecule has 0 amide bonds. The zero-order valence-corrected chi connectivity index (χ0v) is 13.1. The van der Waals surface area contributed by atoms with Crippen LogP contribution in [0.2, 0.25) is 0 Å². The van der Waals surface area contributed by atoms with Crippen LogP contribution >= 0.6 is 0 Å². The second-order valence-corrected chi connectivity index (χ2v) is 6.02. The lowest BCUT2D eigenvalue weighted by Gasteiger charge is -2.20. The number of ether oxygens (including phenoxy) is 2. The summed E-state index contributed by atoms with van der Waals surface area (Å²) in [4.78, 5) is 0. The number of hydrogen-bond donors (Lipinski definition) is 1. The highest BCUT2D eigenvalue weighted by Gasteiger charge is 2.22. The van der Waals surface area contributed by atoms with Gasteiger partial charge < -0.3 is 14.8 Å². The molecule has 3 unspecified atom stereocenters. The van der Waals surface area contributed by atoms with Crippen molar-refractivity contribution >= 4 is 0 Å². The van der Waals surface area contributed by atoms with Gasteiger partial charge in [-0.25, -0.2) is 0 Å². The smallest absolute Gasteiger partial charge is 0.127 e. The monoisotopic (exact) mass is 277 g/mol. The van der Waals surface area contributed by atoms with Gasteiger partial charge in [0.15, 0.2) is 0 Å². The molecule has 2 rings (SSSR count). The Kier molecular flexibility index (Phi) is 5.30. The summed E-state index contributed by atoms with van der Waals surface area (Å²) in [7, 11) is 3.39. The van der Waals surface area contributed by atoms with Crippen LogP contribution in [0.5, 0.6) is 11.5 Å². The minimum Gasteiger partial charge on any atom is -0.497 e. The molecule has 20 heavy (non-hydrogen) atoms. The van der Waals surface area contributed by atoms with Crippen LogP contribution in [-0.4, -0.2) is 20.8 Å². The predicted molar refractivity (Wildman–Crippen MR) is 82.5 cm³/mol. The number of benzene rings is 1. The van der Waals surface area contributed by atoms with Gasteiger partial charge in [-0.05, 0) is 44.2 Å². The highest BCUT2D eigenvalue weighted by atomic mass is 16.5. The average Bonchev–Trinajstić information content (AvgIpc) is 2.89. The van der Waals surface area contributed by atoms with E-state index >= 15 is 0 Å². The molecule has 0 heterocycles. The Morgan fingerprint density at radius 2 is 2.05 bits per heavy atom. The third-order valence-electron chi connectivity index (χ3n) is 4.42. The molecule has 3 heteroatoms. The molecular weight excluding hydrogens is 250 g/mol. The van der Waals surface area contributed by atoms with Gasteiger partial charge in [0.2, 0.25) is 0 Å². The maximum absolute atomic E-state index is 5.48. The first kappa shape index (κ1) is 15.2. The number of methoxy groups -OCH3 is 2. The second kappa shape index (κ2) is 6.98. The quantitative estimate of drug-likeness (QED) is 0.858. The molecule has 0 aliphatic heterocycles. The minimum absolute atomic E-state index is 0.298. The van der Waals surface area contributed by atoms with Crippen molar-refractivity contribution < 1.29 is 9.47 Å². The van der Waals surface area contributed by atoms with Crippen molar-refractivity contribution in [2.45, 2.75) is 39.2 Å². The van der Waals surface area contributed by atoms with E-state index in [0.29, 0.717) is 6.04 Å². The highest BCUT2D eigenvalue weighted by Crippen LogP contribution is 2.32. The van der Waals surface area contributed by atoms with Crippen LogP contribution in [0.3, 0.4) is 0 Å². The fourth-order valence-electron chi connectivity index (χ4n) is 3.14. The van der Waals surface area contributed by atoms with Gasteiger partial charge in [-0.15, -0.1) is 0 Å². The summed E-state index contributed by atoms with van der Waals surface area (Å²) in [5.74, 6) is 3.45. The SMILES string of the molecule is COc1ccc(C(C)NCC2CCC(C)C2)c(OC)c1. The first-order valence-electron chi connectivity index (χ1n) is 7.59. The molecule has 1 aromatic carbocycles. The fourth-order valence-corrected chi connectivity index (χ4v) is 3.14. The Balaban J connectivity index is 1.96. The summed E-state index contributed by atoms with van der Waals surface area (Å²) in [6.45, 7) is 5.65. The third-order valence-corrected chi connectivity index (χ3v) is 4.42. The first-order valence-corrected chi connectivity index (χ1v) is 7.59. The van der Waals surface area contributed by atoms with E-state index in [2.05, 4.69) is 25.2 Å². The zero-order chi connectivity index (χ0) is 14.5. The number of nitrogens with one attached hydrogen (secondary N) is 1. The van der Waals surface area contributed by atoms with Crippen LogP contribution < -0.4 is 14.8 Å². The van der Waals surface area contributed by atoms with E-state index in [1.54, 1.807) is 14.2 Å². The van der Waals surface area contributed by atoms with Crippen molar-refractivity contribution in [3.63, 3.8) is 0 Å². The lowest BCUT2D eigenvalue weighted by atomic mass is 10.0. The van der Waals surface area contributed by atoms with Crippen LogP contribution in [0.25, 0.3) is 0 Å². The van der Waals surface area contributed by atoms with Crippen molar-refractivity contribution in [3.8, 4) is 11.5 Å². The molecular formula is C17H27NO2. The van der Waals surface area contributed by atoms with Gasteiger partial charge in [0, 0.05) is 17.7 Å². The van der Waals surface area contributed by atoms with E-state index in [0.717, 1.165) is 29.9 Å². The maximum Gasteiger partial charge on any atom is 0.127 e. The van der Waals surface area contributed by atoms with Gasteiger partial charge >= 0.3 is 0 Å². The Labute approximate surface area is 122 Å². The molecule has 3 nitrogen and oxygen atoms in total. The molecule has 1 fully saturated rings. The van der Waals surface area contributed by atoms with Gasteiger partial charge in [-0.3, -0.25) is 0 Å². The molecule has 0 bridgehead atoms. The van der Waals surface area contributed by atoms with Crippen molar-refractivity contribution in [2.24, 2.45) is 11.8 Å². The topological polar surface area (TPSA) is 30.5 Å². The summed E-state index contributed by atoms with van der Waals surface area (Å²) >= 11 is 0. The van der Waals surface area contributed by atoms with Crippen LogP contribution in [0.4, 0.5) is 0 Å². The Morgan fingerprint density at radius 1 is 1.25 bits per heavy atom. The average molecular weight is 277 g/mol. The predicted octanol–water partition coefficient (Wildman–Crippen LogP) is 3.79. The Hall–Kier alpha value is -1.22. The molecule has 3 atom stereocenters. The largest absolute Gasteiger partial charge is 0.497 e. The molecule has 1 aliphatic carbocycles. The van der Waals surface area contributed by atoms with Gasteiger partial charge in [0.05, 0.1) is 14.2 Å². The van der Waals surface area contributed by atoms with Crippen molar-refractivity contribution in [2.75, 3.05) is 20.8 Å². The lowest BCUT2D eigenvalue weighted by Crippen LogP contribution is -2.25. The van der Waals surface area contributed by atoms with Crippen LogP contribution in [0, 0.1) is 11.8 Å². The van der Waals surface area contributed by atoms with Gasteiger partial charge in [-0.2, -0.15) is 0 Å². The van der Waals surface area contributed by atoms with E-state index in [1.165, 1.54) is 24.8 Å². The van der Waals surface area contributed by atoms with E-state index in [9.17, 15) is 0 Å². The van der Waals surface area contributed by atoms with Gasteiger partial charge in [-0.1, -0.05) is 19.4 Å². The molecule has 0 radical (unpaired) electrons. The summed E-state index contributed by atoms with van der Waals surface area (Å²) in [5, 5.41) is 3.65. The van der Waals surface area contributed by atoms with Crippen LogP contribution in [0.1, 0.15) is 44.7 Å². The molecule has 1 N–H and O–H groups in total. The van der Waals surface area contributed by atoms with Crippen molar-refractivity contribution in [1.82, 2.24) is 5.32 Å². The summed E-state index contributed by atoms with van der Waals surface area (Å²) in [6.07, 6.45) is 4.10. The van der Waals surface area contributed by atoms with Crippen molar-refractivity contribution in [3.05, 3.63) is 23.8 Å². The first-order chi connectivity index (χ1) is 9.63. The zero-order valence-electron chi connectivity index (χ0n) is 13.1. The molecule has 0 spiro atoms. The van der Waals surface area contributed by atoms with E-state index in [-0.39, 0.29) is 0 Å². The summed E-state index contributed by atoms with van der Waals surface area (Å²) < 4.78 is 10.7. The van der Waals surface area contributed by atoms with Crippen LogP contribution in [0.15, 0.2) is 18.2 Å². The standard InChI is InChI=1S/C17H27NO2/c1-12-5-6-14(9-12)11-18-13(2)16-8-7-15(19-3)10-17(16)20-4/h7-8,10,12-14,18H,5-6,9,11H2,1-4H3. The molecule has 0 saturated heterocycles. The van der Waals surface area contributed by atoms with E-state index in [4.69, 9.17) is 9.47 Å². The van der Waals surface area contributed by atoms with Crippen LogP contribution in [-0.2, 0) is 0 Å². The second-order valence-electron chi connectivity index (χ2n) is 6.02. The molecule has 1 saturated carbocycles. The van der Waals surface area contributed by atoms with Crippen molar-refractivity contribution in [1.29, 1.82) is 0 Å². The number of rotatable bonds is 6. The molecule has 0 aromatic heterocycles. The van der Waals surface area contributed by atoms with Gasteiger partial charge in [0.1, 0.15) is 11.5 Å². The Morgan fingerprint density at radius 3 is 2.65 bits per heavy atom. The molecule has 1 aliphatic rings. The van der Waals surface area contributed by atoms with E-state index in [1.807, 2.05) is 12.1 Å². The summed E-state index contributed by atoms with van der Waals surface area (Å²) in [5.41, 5.74) is 1.19.